The van der Waals surface area contributed by atoms with Crippen LogP contribution in [0.25, 0.3) is 0 Å². The second-order valence-electron chi connectivity index (χ2n) is 5.89. The van der Waals surface area contributed by atoms with E-state index >= 15 is 0 Å². The average molecular weight is 428 g/mol. The SMILES string of the molecule is C/C=C/CCc1ccc(C(F)(F)Oc2cc(F)c(C(F)(F)F)c(F)c2)c(F)c1F. The van der Waals surface area contributed by atoms with Gasteiger partial charge < -0.3 is 4.74 Å². The first-order valence-corrected chi connectivity index (χ1v) is 8.10. The minimum Gasteiger partial charge on any atom is -0.429 e. The summed E-state index contributed by atoms with van der Waals surface area (Å²) in [5.41, 5.74) is -4.06. The van der Waals surface area contributed by atoms with Gasteiger partial charge in [0.25, 0.3) is 0 Å². The van der Waals surface area contributed by atoms with Crippen LogP contribution in [0.15, 0.2) is 36.4 Å². The molecular formula is C19H13F9O. The van der Waals surface area contributed by atoms with E-state index in [1.54, 1.807) is 19.1 Å². The van der Waals surface area contributed by atoms with Crippen LogP contribution in [0.2, 0.25) is 0 Å². The molecule has 0 fully saturated rings. The highest BCUT2D eigenvalue weighted by molar-refractivity contribution is 5.34. The van der Waals surface area contributed by atoms with E-state index in [0.717, 1.165) is 6.07 Å². The first-order chi connectivity index (χ1) is 13.4. The molecule has 0 atom stereocenters. The average Bonchev–Trinajstić information content (AvgIpc) is 2.56. The molecule has 0 aromatic heterocycles. The zero-order valence-corrected chi connectivity index (χ0v) is 14.7. The Balaban J connectivity index is 2.35. The number of halogens is 9. The number of alkyl halides is 5. The molecule has 0 saturated heterocycles. The van der Waals surface area contributed by atoms with Gasteiger partial charge in [-0.3, -0.25) is 0 Å². The molecule has 29 heavy (non-hydrogen) atoms. The van der Waals surface area contributed by atoms with Crippen LogP contribution in [-0.2, 0) is 18.7 Å². The summed E-state index contributed by atoms with van der Waals surface area (Å²) in [4.78, 5) is 0. The first kappa shape index (κ1) is 22.6. The summed E-state index contributed by atoms with van der Waals surface area (Å²) in [6.45, 7) is 1.70. The van der Waals surface area contributed by atoms with E-state index in [1.165, 1.54) is 0 Å². The molecule has 0 saturated carbocycles. The molecule has 0 heterocycles. The second kappa shape index (κ2) is 8.38. The molecule has 0 unspecified atom stereocenters. The highest BCUT2D eigenvalue weighted by Gasteiger charge is 2.41. The van der Waals surface area contributed by atoms with Gasteiger partial charge in [0.15, 0.2) is 11.6 Å². The highest BCUT2D eigenvalue weighted by atomic mass is 19.4. The quantitative estimate of drug-likeness (QED) is 0.359. The molecule has 158 valence electrons. The van der Waals surface area contributed by atoms with Crippen molar-refractivity contribution >= 4 is 0 Å². The minimum atomic E-state index is -5.41. The normalized spacial score (nSPS) is 12.6. The maximum Gasteiger partial charge on any atom is 0.429 e. The highest BCUT2D eigenvalue weighted by Crippen LogP contribution is 2.39. The summed E-state index contributed by atoms with van der Waals surface area (Å²) >= 11 is 0. The van der Waals surface area contributed by atoms with Crippen LogP contribution in [-0.4, -0.2) is 0 Å². The number of rotatable bonds is 6. The molecule has 0 amide bonds. The van der Waals surface area contributed by atoms with Crippen LogP contribution in [0.1, 0.15) is 30.0 Å². The van der Waals surface area contributed by atoms with Crippen LogP contribution >= 0.6 is 0 Å². The van der Waals surface area contributed by atoms with Crippen molar-refractivity contribution in [2.45, 2.75) is 32.1 Å². The summed E-state index contributed by atoms with van der Waals surface area (Å²) < 4.78 is 125. The maximum atomic E-state index is 14.2. The molecule has 0 aliphatic carbocycles. The summed E-state index contributed by atoms with van der Waals surface area (Å²) in [5, 5.41) is 0. The molecule has 1 nitrogen and oxygen atoms in total. The summed E-state index contributed by atoms with van der Waals surface area (Å²) in [5.74, 6) is -9.24. The van der Waals surface area contributed by atoms with Gasteiger partial charge in [-0.15, -0.1) is 0 Å². The fourth-order valence-corrected chi connectivity index (χ4v) is 2.50. The fraction of sp³-hybridized carbons (Fsp3) is 0.263. The van der Waals surface area contributed by atoms with Crippen molar-refractivity contribution in [3.05, 3.63) is 76.4 Å². The molecule has 0 bridgehead atoms. The number of ether oxygens (including phenoxy) is 1. The van der Waals surface area contributed by atoms with Crippen LogP contribution < -0.4 is 4.74 Å². The molecule has 0 aliphatic rings. The molecule has 2 aromatic carbocycles. The predicted octanol–water partition coefficient (Wildman–Crippen LogP) is 6.90. The Hall–Kier alpha value is -2.65. The molecule has 10 heteroatoms. The topological polar surface area (TPSA) is 9.23 Å². The molecule has 0 aliphatic heterocycles. The third kappa shape index (κ3) is 5.04. The predicted molar refractivity (Wildman–Crippen MR) is 85.4 cm³/mol. The smallest absolute Gasteiger partial charge is 0.429 e. The Morgan fingerprint density at radius 3 is 2.00 bits per heavy atom. The first-order valence-electron chi connectivity index (χ1n) is 8.10. The number of hydrogen-bond donors (Lipinski definition) is 0. The number of hydrogen-bond acceptors (Lipinski definition) is 1. The van der Waals surface area contributed by atoms with E-state index in [9.17, 15) is 39.5 Å². The van der Waals surface area contributed by atoms with Gasteiger partial charge >= 0.3 is 12.3 Å². The Kier molecular flexibility index (Phi) is 6.54. The van der Waals surface area contributed by atoms with Crippen molar-refractivity contribution in [3.63, 3.8) is 0 Å². The molecule has 0 spiro atoms. The lowest BCUT2D eigenvalue weighted by Crippen LogP contribution is -2.25. The van der Waals surface area contributed by atoms with Gasteiger partial charge in [0.05, 0.1) is 0 Å². The second-order valence-corrected chi connectivity index (χ2v) is 5.89. The lowest BCUT2D eigenvalue weighted by atomic mass is 10.0. The summed E-state index contributed by atoms with van der Waals surface area (Å²) in [6, 6.07) is 1.17. The van der Waals surface area contributed by atoms with E-state index in [4.69, 9.17) is 0 Å². The fourth-order valence-electron chi connectivity index (χ4n) is 2.50. The van der Waals surface area contributed by atoms with E-state index in [0.29, 0.717) is 12.5 Å². The zero-order valence-electron chi connectivity index (χ0n) is 14.7. The standard InChI is InChI=1S/C19H13F9O/c1-2-3-4-5-10-6-7-12(17(23)16(10)22)19(27,28)29-11-8-13(20)15(14(21)9-11)18(24,25)26/h2-3,6-9H,4-5H2,1H3/b3-2+. The Bertz CT molecular complexity index is 894. The van der Waals surface area contributed by atoms with Crippen molar-refractivity contribution in [2.24, 2.45) is 0 Å². The van der Waals surface area contributed by atoms with Crippen molar-refractivity contribution in [3.8, 4) is 5.75 Å². The van der Waals surface area contributed by atoms with E-state index in [-0.39, 0.29) is 24.1 Å². The van der Waals surface area contributed by atoms with E-state index in [2.05, 4.69) is 4.74 Å². The van der Waals surface area contributed by atoms with Gasteiger partial charge in [-0.2, -0.15) is 22.0 Å². The Labute approximate surface area is 159 Å². The van der Waals surface area contributed by atoms with Crippen LogP contribution in [0.5, 0.6) is 5.75 Å². The van der Waals surface area contributed by atoms with Gasteiger partial charge in [0.1, 0.15) is 28.5 Å². The van der Waals surface area contributed by atoms with Gasteiger partial charge in [-0.05, 0) is 31.4 Å². The lowest BCUT2D eigenvalue weighted by molar-refractivity contribution is -0.188. The van der Waals surface area contributed by atoms with Crippen LogP contribution in [0.3, 0.4) is 0 Å². The number of aryl methyl sites for hydroxylation is 1. The summed E-state index contributed by atoms with van der Waals surface area (Å²) in [7, 11) is 0. The molecular weight excluding hydrogens is 415 g/mol. The van der Waals surface area contributed by atoms with Crippen molar-refractivity contribution in [2.75, 3.05) is 0 Å². The Morgan fingerprint density at radius 2 is 1.48 bits per heavy atom. The third-order valence-corrected chi connectivity index (χ3v) is 3.84. The third-order valence-electron chi connectivity index (χ3n) is 3.84. The maximum absolute atomic E-state index is 14.2. The largest absolute Gasteiger partial charge is 0.429 e. The van der Waals surface area contributed by atoms with E-state index < -0.39 is 52.4 Å². The van der Waals surface area contributed by atoms with Crippen molar-refractivity contribution < 1.29 is 44.3 Å². The van der Waals surface area contributed by atoms with Gasteiger partial charge in [0.2, 0.25) is 0 Å². The van der Waals surface area contributed by atoms with Gasteiger partial charge in [0, 0.05) is 12.1 Å². The van der Waals surface area contributed by atoms with E-state index in [1.807, 2.05) is 0 Å². The van der Waals surface area contributed by atoms with Gasteiger partial charge in [-0.1, -0.05) is 18.2 Å². The molecule has 0 N–H and O–H groups in total. The number of allylic oxidation sites excluding steroid dienone is 2. The zero-order chi connectivity index (χ0) is 22.0. The lowest BCUT2D eigenvalue weighted by Gasteiger charge is -2.20. The van der Waals surface area contributed by atoms with Crippen molar-refractivity contribution in [1.29, 1.82) is 0 Å². The monoisotopic (exact) mass is 428 g/mol. The Morgan fingerprint density at radius 1 is 0.897 bits per heavy atom. The van der Waals surface area contributed by atoms with Crippen LogP contribution in [0.4, 0.5) is 39.5 Å². The summed E-state index contributed by atoms with van der Waals surface area (Å²) in [6.07, 6.45) is -6.37. The number of benzene rings is 2. The van der Waals surface area contributed by atoms with Gasteiger partial charge in [-0.25, -0.2) is 17.6 Å². The van der Waals surface area contributed by atoms with Crippen LogP contribution in [0, 0.1) is 23.3 Å². The molecule has 2 aromatic rings. The molecule has 0 radical (unpaired) electrons. The van der Waals surface area contributed by atoms with Crippen molar-refractivity contribution in [1.82, 2.24) is 0 Å². The minimum absolute atomic E-state index is 0.0229. The molecule has 2 rings (SSSR count).